The Labute approximate surface area is 111 Å². The number of amides is 1. The van der Waals surface area contributed by atoms with Gasteiger partial charge in [0.1, 0.15) is 0 Å². The van der Waals surface area contributed by atoms with Gasteiger partial charge in [-0.2, -0.15) is 0 Å². The van der Waals surface area contributed by atoms with Gasteiger partial charge in [0.05, 0.1) is 12.1 Å². The summed E-state index contributed by atoms with van der Waals surface area (Å²) in [6, 6.07) is 10.8. The van der Waals surface area contributed by atoms with Gasteiger partial charge >= 0.3 is 0 Å². The number of nitrogens with one attached hydrogen (secondary N) is 1. The van der Waals surface area contributed by atoms with E-state index in [0.717, 1.165) is 11.1 Å². The summed E-state index contributed by atoms with van der Waals surface area (Å²) in [4.78, 5) is 16.0. The molecule has 0 radical (unpaired) electrons. The second kappa shape index (κ2) is 4.82. The number of fused-ring (bicyclic) bond motifs is 1. The molecular formula is C15H14N2O2. The summed E-state index contributed by atoms with van der Waals surface area (Å²) >= 11 is 0. The van der Waals surface area contributed by atoms with Gasteiger partial charge in [0.2, 0.25) is 0 Å². The Morgan fingerprint density at radius 2 is 1.95 bits per heavy atom. The number of pyridine rings is 1. The molecule has 1 aromatic heterocycles. The van der Waals surface area contributed by atoms with E-state index in [1.165, 1.54) is 0 Å². The number of carbonyl (C=O) groups is 1. The molecule has 0 unspecified atom stereocenters. The third kappa shape index (κ3) is 2.22. The molecule has 1 heterocycles. The van der Waals surface area contributed by atoms with Crippen molar-refractivity contribution >= 4 is 5.91 Å². The molecule has 0 bridgehead atoms. The number of carbonyl (C=O) groups excluding carboxylic acids is 1. The zero-order valence-electron chi connectivity index (χ0n) is 10.3. The van der Waals surface area contributed by atoms with E-state index in [4.69, 9.17) is 0 Å². The van der Waals surface area contributed by atoms with Crippen molar-refractivity contribution in [2.75, 3.05) is 0 Å². The summed E-state index contributed by atoms with van der Waals surface area (Å²) in [6.07, 6.45) is 3.17. The Bertz CT molecular complexity index is 598. The molecule has 96 valence electrons. The summed E-state index contributed by atoms with van der Waals surface area (Å²) in [5.74, 6) is -0.192. The highest BCUT2D eigenvalue weighted by Gasteiger charge is 2.31. The molecule has 19 heavy (non-hydrogen) atoms. The van der Waals surface area contributed by atoms with Gasteiger partial charge in [0.25, 0.3) is 5.91 Å². The molecule has 0 saturated carbocycles. The van der Waals surface area contributed by atoms with Gasteiger partial charge < -0.3 is 10.4 Å². The van der Waals surface area contributed by atoms with Crippen molar-refractivity contribution in [3.63, 3.8) is 0 Å². The largest absolute Gasteiger partial charge is 0.390 e. The summed E-state index contributed by atoms with van der Waals surface area (Å²) < 4.78 is 0. The number of nitrogens with zero attached hydrogens (tertiary/aromatic N) is 1. The number of benzene rings is 1. The maximum Gasteiger partial charge on any atom is 0.251 e. The number of hydrogen-bond donors (Lipinski definition) is 2. The van der Waals surface area contributed by atoms with E-state index in [1.54, 1.807) is 24.5 Å². The lowest BCUT2D eigenvalue weighted by Gasteiger charge is -2.17. The predicted molar refractivity (Wildman–Crippen MR) is 70.6 cm³/mol. The zero-order valence-corrected chi connectivity index (χ0v) is 10.3. The molecule has 3 rings (SSSR count). The molecule has 0 aliphatic heterocycles. The molecule has 1 aromatic carbocycles. The fraction of sp³-hybridized carbons (Fsp3) is 0.200. The van der Waals surface area contributed by atoms with Crippen molar-refractivity contribution in [1.29, 1.82) is 0 Å². The highest BCUT2D eigenvalue weighted by molar-refractivity contribution is 5.94. The first-order valence-corrected chi connectivity index (χ1v) is 6.22. The van der Waals surface area contributed by atoms with Crippen molar-refractivity contribution in [2.45, 2.75) is 18.6 Å². The average molecular weight is 254 g/mol. The highest BCUT2D eigenvalue weighted by atomic mass is 16.3. The minimum absolute atomic E-state index is 0.192. The molecule has 2 aromatic rings. The van der Waals surface area contributed by atoms with Gasteiger partial charge in [-0.25, -0.2) is 0 Å². The molecule has 0 spiro atoms. The fourth-order valence-corrected chi connectivity index (χ4v) is 2.48. The molecule has 1 aliphatic rings. The third-order valence-corrected chi connectivity index (χ3v) is 3.43. The van der Waals surface area contributed by atoms with E-state index in [9.17, 15) is 9.90 Å². The lowest BCUT2D eigenvalue weighted by atomic mass is 10.1. The van der Waals surface area contributed by atoms with Crippen LogP contribution in [0.5, 0.6) is 0 Å². The zero-order chi connectivity index (χ0) is 13.2. The second-order valence-electron chi connectivity index (χ2n) is 4.66. The van der Waals surface area contributed by atoms with Crippen LogP contribution in [0.3, 0.4) is 0 Å². The van der Waals surface area contributed by atoms with Crippen LogP contribution in [0.1, 0.15) is 27.5 Å². The number of aliphatic hydroxyl groups excluding tert-OH is 1. The molecule has 1 aliphatic carbocycles. The quantitative estimate of drug-likeness (QED) is 0.853. The molecule has 0 fully saturated rings. The van der Waals surface area contributed by atoms with Crippen LogP contribution in [0.15, 0.2) is 48.8 Å². The number of aliphatic hydroxyl groups is 1. The van der Waals surface area contributed by atoms with E-state index in [0.29, 0.717) is 12.0 Å². The molecule has 4 heteroatoms. The summed E-state index contributed by atoms with van der Waals surface area (Å²) in [6.45, 7) is 0. The Hall–Kier alpha value is -2.20. The van der Waals surface area contributed by atoms with Crippen LogP contribution in [0.25, 0.3) is 0 Å². The fourth-order valence-electron chi connectivity index (χ4n) is 2.48. The van der Waals surface area contributed by atoms with Crippen LogP contribution in [0.2, 0.25) is 0 Å². The third-order valence-electron chi connectivity index (χ3n) is 3.43. The SMILES string of the molecule is O=C(N[C@@H]1c2ccccc2C[C@H]1O)c1ccncc1. The van der Waals surface area contributed by atoms with Crippen LogP contribution in [0, 0.1) is 0 Å². The number of hydrogen-bond acceptors (Lipinski definition) is 3. The van der Waals surface area contributed by atoms with Gasteiger partial charge in [0.15, 0.2) is 0 Å². The minimum atomic E-state index is -0.566. The number of rotatable bonds is 2. The van der Waals surface area contributed by atoms with Crippen molar-refractivity contribution in [2.24, 2.45) is 0 Å². The average Bonchev–Trinajstić information content (AvgIpc) is 2.76. The van der Waals surface area contributed by atoms with Crippen LogP contribution in [-0.4, -0.2) is 22.1 Å². The highest BCUT2D eigenvalue weighted by Crippen LogP contribution is 2.31. The lowest BCUT2D eigenvalue weighted by Crippen LogP contribution is -2.33. The van der Waals surface area contributed by atoms with E-state index in [2.05, 4.69) is 10.3 Å². The Balaban J connectivity index is 1.82. The monoisotopic (exact) mass is 254 g/mol. The van der Waals surface area contributed by atoms with Crippen molar-refractivity contribution in [3.8, 4) is 0 Å². The smallest absolute Gasteiger partial charge is 0.251 e. The normalized spacial score (nSPS) is 20.9. The Morgan fingerprint density at radius 3 is 2.74 bits per heavy atom. The van der Waals surface area contributed by atoms with Crippen LogP contribution >= 0.6 is 0 Å². The molecule has 4 nitrogen and oxygen atoms in total. The summed E-state index contributed by atoms with van der Waals surface area (Å²) in [5, 5.41) is 13.0. The van der Waals surface area contributed by atoms with Gasteiger partial charge in [-0.05, 0) is 23.3 Å². The number of aromatic nitrogens is 1. The van der Waals surface area contributed by atoms with E-state index >= 15 is 0 Å². The van der Waals surface area contributed by atoms with Crippen molar-refractivity contribution in [3.05, 3.63) is 65.5 Å². The van der Waals surface area contributed by atoms with Crippen LogP contribution < -0.4 is 5.32 Å². The van der Waals surface area contributed by atoms with Crippen LogP contribution in [-0.2, 0) is 6.42 Å². The molecule has 2 atom stereocenters. The van der Waals surface area contributed by atoms with Crippen LogP contribution in [0.4, 0.5) is 0 Å². The molecule has 2 N–H and O–H groups in total. The van der Waals surface area contributed by atoms with E-state index in [1.807, 2.05) is 24.3 Å². The van der Waals surface area contributed by atoms with Crippen molar-refractivity contribution in [1.82, 2.24) is 10.3 Å². The first-order valence-electron chi connectivity index (χ1n) is 6.22. The van der Waals surface area contributed by atoms with E-state index < -0.39 is 6.10 Å². The Morgan fingerprint density at radius 1 is 1.21 bits per heavy atom. The molecule has 1 amide bonds. The maximum absolute atomic E-state index is 12.1. The molecular weight excluding hydrogens is 240 g/mol. The Kier molecular flexibility index (Phi) is 3.01. The topological polar surface area (TPSA) is 62.2 Å². The predicted octanol–water partition coefficient (Wildman–Crippen LogP) is 1.47. The second-order valence-corrected chi connectivity index (χ2v) is 4.66. The molecule has 0 saturated heterocycles. The summed E-state index contributed by atoms with van der Waals surface area (Å²) in [5.41, 5.74) is 2.64. The minimum Gasteiger partial charge on any atom is -0.390 e. The van der Waals surface area contributed by atoms with Crippen molar-refractivity contribution < 1.29 is 9.90 Å². The first kappa shape index (κ1) is 11.9. The van der Waals surface area contributed by atoms with Gasteiger partial charge in [0, 0.05) is 24.4 Å². The summed E-state index contributed by atoms with van der Waals surface area (Å²) in [7, 11) is 0. The van der Waals surface area contributed by atoms with E-state index in [-0.39, 0.29) is 11.9 Å². The maximum atomic E-state index is 12.1. The van der Waals surface area contributed by atoms with Gasteiger partial charge in [-0.1, -0.05) is 24.3 Å². The standard InChI is InChI=1S/C15H14N2O2/c18-13-9-11-3-1-2-4-12(11)14(13)17-15(19)10-5-7-16-8-6-10/h1-8,13-14,18H,9H2,(H,17,19)/t13-,14-/m1/s1. The van der Waals surface area contributed by atoms with Gasteiger partial charge in [-0.15, -0.1) is 0 Å². The first-order chi connectivity index (χ1) is 9.25. The lowest BCUT2D eigenvalue weighted by molar-refractivity contribution is 0.0858. The van der Waals surface area contributed by atoms with Gasteiger partial charge in [-0.3, -0.25) is 9.78 Å².